The summed E-state index contributed by atoms with van der Waals surface area (Å²) in [4.78, 5) is 40.7. The fourth-order valence-electron chi connectivity index (χ4n) is 3.84. The fourth-order valence-corrected chi connectivity index (χ4v) is 4.01. The van der Waals surface area contributed by atoms with Crippen molar-refractivity contribution in [3.05, 3.63) is 64.2 Å². The summed E-state index contributed by atoms with van der Waals surface area (Å²) in [5.41, 5.74) is 0.762. The molecule has 0 aliphatic carbocycles. The molecule has 1 N–H and O–H groups in total. The Labute approximate surface area is 176 Å². The van der Waals surface area contributed by atoms with E-state index in [2.05, 4.69) is 5.32 Å². The normalized spacial score (nSPS) is 18.6. The first kappa shape index (κ1) is 20.3. The zero-order valence-corrected chi connectivity index (χ0v) is 16.6. The smallest absolute Gasteiger partial charge is 0.257 e. The Morgan fingerprint density at radius 1 is 1.00 bits per heavy atom. The molecule has 0 bridgehead atoms. The molecular weight excluding hydrogens is 416 g/mol. The fraction of sp³-hybridized carbons (Fsp3) is 0.286. The van der Waals surface area contributed by atoms with E-state index in [-0.39, 0.29) is 55.0 Å². The van der Waals surface area contributed by atoms with Crippen molar-refractivity contribution in [1.29, 1.82) is 0 Å². The summed E-state index contributed by atoms with van der Waals surface area (Å²) in [7, 11) is 0. The molecular formula is C21H18ClF2N3O3. The largest absolute Gasteiger partial charge is 0.339 e. The molecule has 9 heteroatoms. The molecule has 30 heavy (non-hydrogen) atoms. The first-order valence-corrected chi connectivity index (χ1v) is 9.83. The third-order valence-corrected chi connectivity index (χ3v) is 5.62. The van der Waals surface area contributed by atoms with Crippen LogP contribution < -0.4 is 5.32 Å². The van der Waals surface area contributed by atoms with Crippen molar-refractivity contribution < 1.29 is 23.2 Å². The first-order valence-electron chi connectivity index (χ1n) is 9.46. The Hall–Kier alpha value is -3.00. The van der Waals surface area contributed by atoms with Gasteiger partial charge in [-0.2, -0.15) is 0 Å². The third-order valence-electron chi connectivity index (χ3n) is 5.39. The Morgan fingerprint density at radius 2 is 1.70 bits per heavy atom. The SMILES string of the molecule is O=C1CC(C(=O)N2CCN(C(=O)c3cc(Cl)ccc3F)CC2)c2ccc(F)cc2N1. The van der Waals surface area contributed by atoms with E-state index in [1.54, 1.807) is 4.90 Å². The van der Waals surface area contributed by atoms with Gasteiger partial charge < -0.3 is 15.1 Å². The number of fused-ring (bicyclic) bond motifs is 1. The molecule has 0 aromatic heterocycles. The number of benzene rings is 2. The number of rotatable bonds is 2. The van der Waals surface area contributed by atoms with Gasteiger partial charge >= 0.3 is 0 Å². The van der Waals surface area contributed by atoms with Crippen molar-refractivity contribution in [2.45, 2.75) is 12.3 Å². The molecule has 4 rings (SSSR count). The highest BCUT2D eigenvalue weighted by Gasteiger charge is 2.35. The second-order valence-electron chi connectivity index (χ2n) is 7.28. The minimum absolute atomic E-state index is 0.0235. The van der Waals surface area contributed by atoms with Crippen molar-refractivity contribution in [3.63, 3.8) is 0 Å². The highest BCUT2D eigenvalue weighted by molar-refractivity contribution is 6.31. The van der Waals surface area contributed by atoms with Crippen LogP contribution in [0.4, 0.5) is 14.5 Å². The Kier molecular flexibility index (Phi) is 5.42. The van der Waals surface area contributed by atoms with E-state index in [1.165, 1.54) is 35.2 Å². The highest BCUT2D eigenvalue weighted by atomic mass is 35.5. The van der Waals surface area contributed by atoms with E-state index >= 15 is 0 Å². The average Bonchev–Trinajstić information content (AvgIpc) is 2.73. The molecule has 2 aromatic rings. The Morgan fingerprint density at radius 3 is 2.43 bits per heavy atom. The van der Waals surface area contributed by atoms with Crippen LogP contribution >= 0.6 is 11.6 Å². The van der Waals surface area contributed by atoms with Gasteiger partial charge in [0.25, 0.3) is 5.91 Å². The lowest BCUT2D eigenvalue weighted by atomic mass is 9.89. The molecule has 2 aliphatic heterocycles. The molecule has 1 atom stereocenters. The number of hydrogen-bond acceptors (Lipinski definition) is 3. The Bertz CT molecular complexity index is 1040. The first-order chi connectivity index (χ1) is 14.3. The average molecular weight is 434 g/mol. The molecule has 0 radical (unpaired) electrons. The molecule has 3 amide bonds. The number of hydrogen-bond donors (Lipinski definition) is 1. The number of piperazine rings is 1. The summed E-state index contributed by atoms with van der Waals surface area (Å²) in [5, 5.41) is 2.85. The summed E-state index contributed by atoms with van der Waals surface area (Å²) in [6, 6.07) is 7.76. The lowest BCUT2D eigenvalue weighted by Gasteiger charge is -2.37. The van der Waals surface area contributed by atoms with E-state index in [0.29, 0.717) is 11.3 Å². The van der Waals surface area contributed by atoms with E-state index < -0.39 is 23.5 Å². The quantitative estimate of drug-likeness (QED) is 0.791. The minimum Gasteiger partial charge on any atom is -0.339 e. The molecule has 2 aliphatic rings. The zero-order valence-electron chi connectivity index (χ0n) is 15.8. The van der Waals surface area contributed by atoms with E-state index in [4.69, 9.17) is 11.6 Å². The maximum absolute atomic E-state index is 14.0. The summed E-state index contributed by atoms with van der Waals surface area (Å²) < 4.78 is 27.5. The van der Waals surface area contributed by atoms with Crippen LogP contribution in [0.2, 0.25) is 5.02 Å². The van der Waals surface area contributed by atoms with Gasteiger partial charge in [0.1, 0.15) is 11.6 Å². The number of nitrogens with zero attached hydrogens (tertiary/aromatic N) is 2. The summed E-state index contributed by atoms with van der Waals surface area (Å²) >= 11 is 5.87. The summed E-state index contributed by atoms with van der Waals surface area (Å²) in [6.45, 7) is 0.959. The van der Waals surface area contributed by atoms with Crippen LogP contribution in [-0.2, 0) is 9.59 Å². The number of carbonyl (C=O) groups is 3. The van der Waals surface area contributed by atoms with Gasteiger partial charge in [-0.05, 0) is 35.9 Å². The molecule has 2 heterocycles. The molecule has 0 spiro atoms. The third kappa shape index (κ3) is 3.87. The summed E-state index contributed by atoms with van der Waals surface area (Å²) in [5.74, 6) is -2.94. The molecule has 0 saturated carbocycles. The van der Waals surface area contributed by atoms with Crippen molar-refractivity contribution in [2.75, 3.05) is 31.5 Å². The van der Waals surface area contributed by atoms with Crippen molar-refractivity contribution in [1.82, 2.24) is 9.80 Å². The van der Waals surface area contributed by atoms with Crippen LogP contribution in [0.15, 0.2) is 36.4 Å². The standard InChI is InChI=1S/C21H18ClF2N3O3/c22-12-1-4-17(24)16(9-12)21(30)27-7-5-26(6-8-27)20(29)15-11-19(28)25-18-10-13(23)2-3-14(15)18/h1-4,9-10,15H,5-8,11H2,(H,25,28). The van der Waals surface area contributed by atoms with Gasteiger partial charge in [-0.15, -0.1) is 0 Å². The van der Waals surface area contributed by atoms with Gasteiger partial charge in [-0.3, -0.25) is 14.4 Å². The van der Waals surface area contributed by atoms with Crippen LogP contribution in [0.25, 0.3) is 0 Å². The van der Waals surface area contributed by atoms with Gasteiger partial charge in [0, 0.05) is 43.3 Å². The molecule has 1 fully saturated rings. The van der Waals surface area contributed by atoms with Gasteiger partial charge in [0.15, 0.2) is 0 Å². The van der Waals surface area contributed by atoms with Gasteiger partial charge in [-0.25, -0.2) is 8.78 Å². The highest BCUT2D eigenvalue weighted by Crippen LogP contribution is 2.34. The lowest BCUT2D eigenvalue weighted by molar-refractivity contribution is -0.136. The molecule has 1 unspecified atom stereocenters. The minimum atomic E-state index is -0.707. The predicted octanol–water partition coefficient (Wildman–Crippen LogP) is 3.03. The van der Waals surface area contributed by atoms with Crippen molar-refractivity contribution in [2.24, 2.45) is 0 Å². The lowest BCUT2D eigenvalue weighted by Crippen LogP contribution is -2.52. The van der Waals surface area contributed by atoms with Gasteiger partial charge in [0.2, 0.25) is 11.8 Å². The molecule has 156 valence electrons. The predicted molar refractivity (Wildman–Crippen MR) is 106 cm³/mol. The van der Waals surface area contributed by atoms with Crippen LogP contribution in [-0.4, -0.2) is 53.7 Å². The molecule has 1 saturated heterocycles. The zero-order chi connectivity index (χ0) is 21.4. The monoisotopic (exact) mass is 433 g/mol. The Balaban J connectivity index is 1.46. The second-order valence-corrected chi connectivity index (χ2v) is 7.71. The molecule has 6 nitrogen and oxygen atoms in total. The van der Waals surface area contributed by atoms with E-state index in [0.717, 1.165) is 6.07 Å². The number of anilines is 1. The maximum Gasteiger partial charge on any atom is 0.257 e. The summed E-state index contributed by atoms with van der Waals surface area (Å²) in [6.07, 6.45) is -0.0235. The van der Waals surface area contributed by atoms with Gasteiger partial charge in [-0.1, -0.05) is 17.7 Å². The number of amides is 3. The number of halogens is 3. The topological polar surface area (TPSA) is 69.7 Å². The van der Waals surface area contributed by atoms with Crippen LogP contribution in [0.1, 0.15) is 28.3 Å². The van der Waals surface area contributed by atoms with Crippen molar-refractivity contribution >= 4 is 35.0 Å². The van der Waals surface area contributed by atoms with E-state index in [9.17, 15) is 23.2 Å². The second kappa shape index (κ2) is 8.02. The van der Waals surface area contributed by atoms with Gasteiger partial charge in [0.05, 0.1) is 11.5 Å². The number of nitrogens with one attached hydrogen (secondary N) is 1. The molecule has 2 aromatic carbocycles. The number of carbonyl (C=O) groups excluding carboxylic acids is 3. The van der Waals surface area contributed by atoms with E-state index in [1.807, 2.05) is 0 Å². The van der Waals surface area contributed by atoms with Crippen LogP contribution in [0.3, 0.4) is 0 Å². The van der Waals surface area contributed by atoms with Crippen LogP contribution in [0.5, 0.6) is 0 Å². The maximum atomic E-state index is 14.0. The van der Waals surface area contributed by atoms with Crippen molar-refractivity contribution in [3.8, 4) is 0 Å². The van der Waals surface area contributed by atoms with Crippen LogP contribution in [0, 0.1) is 11.6 Å².